The summed E-state index contributed by atoms with van der Waals surface area (Å²) in [7, 11) is 7.34. The van der Waals surface area contributed by atoms with Gasteiger partial charge in [-0.1, -0.05) is 48.5 Å². The minimum absolute atomic E-state index is 0.0371. The van der Waals surface area contributed by atoms with Gasteiger partial charge < -0.3 is 57.6 Å². The monoisotopic (exact) mass is 1230 g/mol. The van der Waals surface area contributed by atoms with E-state index in [9.17, 15) is 25.2 Å². The average molecular weight is 1230 g/mol. The maximum atomic E-state index is 16.0. The molecule has 4 aromatic heterocycles. The van der Waals surface area contributed by atoms with E-state index in [1.54, 1.807) is 54.6 Å². The Morgan fingerprint density at radius 3 is 1.15 bits per heavy atom. The predicted octanol–water partition coefficient (Wildman–Crippen LogP) is 13.8. The first kappa shape index (κ1) is 57.0. The molecule has 464 valence electrons. The lowest BCUT2D eigenvalue weighted by atomic mass is 9.70. The molecule has 4 N–H and O–H groups in total. The van der Waals surface area contributed by atoms with Crippen molar-refractivity contribution in [2.24, 2.45) is 28.2 Å². The van der Waals surface area contributed by atoms with Crippen LogP contribution in [0.1, 0.15) is 131 Å². The van der Waals surface area contributed by atoms with Crippen LogP contribution in [0.5, 0.6) is 46.0 Å². The van der Waals surface area contributed by atoms with E-state index in [1.807, 2.05) is 163 Å². The summed E-state index contributed by atoms with van der Waals surface area (Å²) in [6, 6.07) is 30.5. The Hall–Kier alpha value is -10.2. The largest absolute Gasteiger partial charge is 0.507 e. The fraction of sp³-hybridized carbons (Fsp3) is 0.289. The van der Waals surface area contributed by atoms with Gasteiger partial charge in [0.1, 0.15) is 68.4 Å². The number of phenolic OH excluding ortho intramolecular Hbond substituents is 4. The van der Waals surface area contributed by atoms with E-state index in [0.29, 0.717) is 88.2 Å². The normalized spacial score (nSPS) is 19.2. The predicted molar refractivity (Wildman–Crippen MR) is 361 cm³/mol. The number of para-hydroxylation sites is 4. The number of aromatic hydroxyl groups is 4. The molecule has 0 radical (unpaired) electrons. The first-order valence-corrected chi connectivity index (χ1v) is 31.2. The van der Waals surface area contributed by atoms with Gasteiger partial charge in [0, 0.05) is 112 Å². The highest BCUT2D eigenvalue weighted by atomic mass is 16.5. The lowest BCUT2D eigenvalue weighted by molar-refractivity contribution is 0.0624. The minimum atomic E-state index is -1.19. The van der Waals surface area contributed by atoms with Crippen molar-refractivity contribution in [2.75, 3.05) is 0 Å². The van der Waals surface area contributed by atoms with Crippen LogP contribution in [0.3, 0.4) is 0 Å². The molecule has 16 heteroatoms. The molecule has 0 saturated heterocycles. The fourth-order valence-corrected chi connectivity index (χ4v) is 16.5. The number of hydrogen-bond acceptors (Lipinski definition) is 12. The second-order valence-corrected chi connectivity index (χ2v) is 28.2. The molecule has 12 aromatic rings. The smallest absolute Gasteiger partial charge is 0.200 e. The molecule has 4 aliphatic heterocycles. The van der Waals surface area contributed by atoms with E-state index in [1.165, 1.54) is 0 Å². The van der Waals surface area contributed by atoms with E-state index in [4.69, 9.17) is 18.9 Å². The highest BCUT2D eigenvalue weighted by molar-refractivity contribution is 6.07. The number of nitrogens with zero attached hydrogens (tertiary/aromatic N) is 4. The van der Waals surface area contributed by atoms with Crippen LogP contribution in [0.25, 0.3) is 93.3 Å². The molecule has 8 heterocycles. The molecule has 0 bridgehead atoms. The molecule has 8 aromatic carbocycles. The summed E-state index contributed by atoms with van der Waals surface area (Å²) in [6.45, 7) is 15.3. The zero-order valence-electron chi connectivity index (χ0n) is 53.2. The van der Waals surface area contributed by atoms with E-state index in [2.05, 4.69) is 0 Å². The number of rotatable bonds is 3. The lowest BCUT2D eigenvalue weighted by Crippen LogP contribution is -2.40. The van der Waals surface area contributed by atoms with Gasteiger partial charge in [-0.25, -0.2) is 0 Å². The number of aromatic nitrogens is 4. The number of fused-ring (bicyclic) bond motifs is 15. The van der Waals surface area contributed by atoms with Crippen molar-refractivity contribution < 1.29 is 39.4 Å². The molecule has 0 spiro atoms. The molecule has 3 atom stereocenters. The van der Waals surface area contributed by atoms with Crippen LogP contribution in [0.15, 0.2) is 128 Å². The van der Waals surface area contributed by atoms with Gasteiger partial charge in [-0.05, 0) is 135 Å². The number of hydrogen-bond donors (Lipinski definition) is 4. The van der Waals surface area contributed by atoms with Crippen LogP contribution >= 0.6 is 0 Å². The number of benzene rings is 8. The fourth-order valence-electron chi connectivity index (χ4n) is 16.5. The molecule has 4 aliphatic rings. The summed E-state index contributed by atoms with van der Waals surface area (Å²) in [5, 5.41) is 55.7. The van der Waals surface area contributed by atoms with Gasteiger partial charge in [0.25, 0.3) is 0 Å². The molecule has 92 heavy (non-hydrogen) atoms. The number of phenols is 4. The SMILES string of the molecule is Cn1c2ccccc2c(=O)c2c(O)c3c(cc21)OC(C)(C)CC3c1c2c(c3c(c1O)c(=O)c1ccccc1n3C)C(c1c3c(c4c(c1O)c(=O)c1ccccc1n4C)C(c1c4c(c5c(c1O)c(=O)c1ccccc1n5C)C=CC(C)(C)O4)CC(C)(C)O3)CC(C)(C)O2. The Morgan fingerprint density at radius 2 is 0.717 bits per heavy atom. The molecule has 16 nitrogen and oxygen atoms in total. The van der Waals surface area contributed by atoms with E-state index in [0.717, 1.165) is 0 Å². The van der Waals surface area contributed by atoms with Crippen molar-refractivity contribution in [3.8, 4) is 46.0 Å². The minimum Gasteiger partial charge on any atom is -0.507 e. The topological polar surface area (TPSA) is 206 Å². The van der Waals surface area contributed by atoms with Crippen LogP contribution in [0.4, 0.5) is 0 Å². The third-order valence-corrected chi connectivity index (χ3v) is 20.4. The first-order valence-electron chi connectivity index (χ1n) is 31.2. The highest BCUT2D eigenvalue weighted by Gasteiger charge is 2.51. The number of aryl methyl sites for hydroxylation is 4. The van der Waals surface area contributed by atoms with Crippen LogP contribution in [0, 0.1) is 0 Å². The second-order valence-electron chi connectivity index (χ2n) is 28.2. The molecule has 0 saturated carbocycles. The van der Waals surface area contributed by atoms with Crippen molar-refractivity contribution in [3.05, 3.63) is 189 Å². The maximum absolute atomic E-state index is 16.0. The van der Waals surface area contributed by atoms with Crippen molar-refractivity contribution in [3.63, 3.8) is 0 Å². The van der Waals surface area contributed by atoms with Gasteiger partial charge in [-0.3, -0.25) is 19.2 Å². The molecule has 0 fully saturated rings. The second kappa shape index (κ2) is 18.7. The van der Waals surface area contributed by atoms with Crippen molar-refractivity contribution in [1.82, 2.24) is 18.3 Å². The lowest BCUT2D eigenvalue weighted by Gasteiger charge is -2.45. The van der Waals surface area contributed by atoms with Gasteiger partial charge in [-0.15, -0.1) is 0 Å². The summed E-state index contributed by atoms with van der Waals surface area (Å²) in [6.07, 6.45) is 4.24. The van der Waals surface area contributed by atoms with Crippen LogP contribution < -0.4 is 40.7 Å². The molecule has 3 unspecified atom stereocenters. The van der Waals surface area contributed by atoms with Gasteiger partial charge in [-0.2, -0.15) is 0 Å². The van der Waals surface area contributed by atoms with Gasteiger partial charge in [0.2, 0.25) is 21.7 Å². The maximum Gasteiger partial charge on any atom is 0.200 e. The Kier molecular flexibility index (Phi) is 11.6. The van der Waals surface area contributed by atoms with Crippen LogP contribution in [-0.2, 0) is 28.2 Å². The quantitative estimate of drug-likeness (QED) is 0.122. The molecular weight excluding hydrogens is 1160 g/mol. The van der Waals surface area contributed by atoms with E-state index < -0.39 is 62.2 Å². The molecular formula is C76H68N4O12. The highest BCUT2D eigenvalue weighted by Crippen LogP contribution is 2.64. The van der Waals surface area contributed by atoms with Crippen molar-refractivity contribution in [2.45, 2.75) is 115 Å². The van der Waals surface area contributed by atoms with Gasteiger partial charge >= 0.3 is 0 Å². The van der Waals surface area contributed by atoms with Gasteiger partial charge in [0.15, 0.2) is 0 Å². The van der Waals surface area contributed by atoms with Crippen LogP contribution in [-0.4, -0.2) is 61.1 Å². The average Bonchev–Trinajstić information content (AvgIpc) is 0.692. The Balaban J connectivity index is 1.08. The Bertz CT molecular complexity index is 5740. The summed E-state index contributed by atoms with van der Waals surface area (Å²) < 4.78 is 36.4. The molecule has 0 aliphatic carbocycles. The summed E-state index contributed by atoms with van der Waals surface area (Å²) >= 11 is 0. The number of pyridine rings is 4. The standard InChI is InChI=1S/C76H68N4O12/c1-73(2)30-29-39-59-56(63(82)36-22-14-18-26-44(36)78(59)10)67(86)52(70(39)90-73)41-33-75(5,6)92-72-50(41)60-58(65(84)38-24-16-19-27-45(38)79(60)11)69(88)54(72)42-34-76(7,8)91-71-51(42)61-57(64(83)37-23-15-20-28-46(37)80(61)12)68(87)53(71)40-32-74(3,4)89-48-31-47-55(66(85)49(40)48)62(81)35-21-13-17-25-43(35)77(47)9/h13-31,40-42,85-88H,32-34H2,1-12H3. The number of ether oxygens (including phenoxy) is 4. The third-order valence-electron chi connectivity index (χ3n) is 20.4. The first-order chi connectivity index (χ1) is 43.6. The Morgan fingerprint density at radius 1 is 0.380 bits per heavy atom. The van der Waals surface area contributed by atoms with E-state index in [-0.39, 0.29) is 103 Å². The van der Waals surface area contributed by atoms with Crippen molar-refractivity contribution in [1.29, 1.82) is 0 Å². The molecule has 16 rings (SSSR count). The zero-order chi connectivity index (χ0) is 64.6. The Labute approximate surface area is 526 Å². The van der Waals surface area contributed by atoms with Crippen molar-refractivity contribution >= 4 is 93.3 Å². The summed E-state index contributed by atoms with van der Waals surface area (Å²) in [4.78, 5) is 61.9. The third kappa shape index (κ3) is 7.63. The van der Waals surface area contributed by atoms with Crippen LogP contribution in [0.2, 0.25) is 0 Å². The zero-order valence-corrected chi connectivity index (χ0v) is 53.2. The summed E-state index contributed by atoms with van der Waals surface area (Å²) in [5.74, 6) is -3.53. The van der Waals surface area contributed by atoms with Gasteiger partial charge in [0.05, 0.1) is 65.7 Å². The summed E-state index contributed by atoms with van der Waals surface area (Å²) in [5.41, 5.74) is 0.0679. The molecule has 0 amide bonds. The van der Waals surface area contributed by atoms with E-state index >= 15 is 14.4 Å².